The van der Waals surface area contributed by atoms with Crippen LogP contribution in [0.4, 0.5) is 11.5 Å². The number of nitrogens with zero attached hydrogens (tertiary/aromatic N) is 1. The molecule has 1 aromatic heterocycles. The van der Waals surface area contributed by atoms with Crippen LogP contribution in [0.1, 0.15) is 0 Å². The van der Waals surface area contributed by atoms with Crippen LogP contribution in [0.2, 0.25) is 0 Å². The second-order valence-corrected chi connectivity index (χ2v) is 5.80. The first-order chi connectivity index (χ1) is 12.2. The minimum Gasteiger partial charge on any atom is -0.508 e. The number of rotatable bonds is 3. The highest BCUT2D eigenvalue weighted by Gasteiger charge is 2.09. The average molecular weight is 328 g/mol. The van der Waals surface area contributed by atoms with E-state index in [9.17, 15) is 10.2 Å². The van der Waals surface area contributed by atoms with Gasteiger partial charge in [-0.3, -0.25) is 0 Å². The molecule has 0 fully saturated rings. The number of hydrogen-bond acceptors (Lipinski definition) is 4. The third-order valence-corrected chi connectivity index (χ3v) is 4.02. The molecule has 4 heteroatoms. The summed E-state index contributed by atoms with van der Waals surface area (Å²) in [7, 11) is 0. The van der Waals surface area contributed by atoms with Crippen molar-refractivity contribution in [1.29, 1.82) is 0 Å². The lowest BCUT2D eigenvalue weighted by Crippen LogP contribution is -1.96. The van der Waals surface area contributed by atoms with Gasteiger partial charge >= 0.3 is 0 Å². The first kappa shape index (κ1) is 15.0. The normalized spacial score (nSPS) is 10.7. The van der Waals surface area contributed by atoms with Crippen molar-refractivity contribution < 1.29 is 10.2 Å². The SMILES string of the molecule is Oc1ccc(Nc2cc3ccccc3c(-c3ccc(O)cc3)n2)cc1. The summed E-state index contributed by atoms with van der Waals surface area (Å²) in [5.41, 5.74) is 2.62. The highest BCUT2D eigenvalue weighted by molar-refractivity contribution is 5.96. The number of hydrogen-bond donors (Lipinski definition) is 3. The topological polar surface area (TPSA) is 65.4 Å². The van der Waals surface area contributed by atoms with Crippen LogP contribution < -0.4 is 5.32 Å². The zero-order valence-corrected chi connectivity index (χ0v) is 13.3. The van der Waals surface area contributed by atoms with E-state index in [4.69, 9.17) is 4.98 Å². The molecule has 3 N–H and O–H groups in total. The van der Waals surface area contributed by atoms with Crippen molar-refractivity contribution in [3.8, 4) is 22.8 Å². The molecule has 0 amide bonds. The molecule has 3 aromatic carbocycles. The lowest BCUT2D eigenvalue weighted by molar-refractivity contribution is 0.475. The summed E-state index contributed by atoms with van der Waals surface area (Å²) in [4.78, 5) is 4.76. The molecule has 0 saturated carbocycles. The van der Waals surface area contributed by atoms with Crippen molar-refractivity contribution in [2.45, 2.75) is 0 Å². The van der Waals surface area contributed by atoms with Crippen molar-refractivity contribution in [3.63, 3.8) is 0 Å². The van der Waals surface area contributed by atoms with E-state index in [-0.39, 0.29) is 11.5 Å². The summed E-state index contributed by atoms with van der Waals surface area (Å²) in [6, 6.07) is 23.9. The summed E-state index contributed by atoms with van der Waals surface area (Å²) < 4.78 is 0. The van der Waals surface area contributed by atoms with E-state index in [1.54, 1.807) is 36.4 Å². The van der Waals surface area contributed by atoms with Gasteiger partial charge < -0.3 is 15.5 Å². The number of phenols is 2. The molecule has 1 heterocycles. The van der Waals surface area contributed by atoms with Gasteiger partial charge in [0.2, 0.25) is 0 Å². The second-order valence-electron chi connectivity index (χ2n) is 5.80. The largest absolute Gasteiger partial charge is 0.508 e. The van der Waals surface area contributed by atoms with Gasteiger partial charge in [-0.05, 0) is 60.0 Å². The van der Waals surface area contributed by atoms with Crippen molar-refractivity contribution in [1.82, 2.24) is 4.98 Å². The van der Waals surface area contributed by atoms with Crippen molar-refractivity contribution in [2.75, 3.05) is 5.32 Å². The number of aromatic hydroxyl groups is 2. The summed E-state index contributed by atoms with van der Waals surface area (Å²) in [5, 5.41) is 24.3. The summed E-state index contributed by atoms with van der Waals surface area (Å²) >= 11 is 0. The van der Waals surface area contributed by atoms with E-state index in [1.807, 2.05) is 42.5 Å². The molecule has 0 aliphatic rings. The molecular formula is C21H16N2O2. The fourth-order valence-electron chi connectivity index (χ4n) is 2.79. The third-order valence-electron chi connectivity index (χ3n) is 4.02. The first-order valence-electron chi connectivity index (χ1n) is 7.94. The first-order valence-corrected chi connectivity index (χ1v) is 7.94. The standard InChI is InChI=1S/C21H16N2O2/c24-17-9-5-14(6-10-17)21-19-4-2-1-3-15(19)13-20(23-21)22-16-7-11-18(25)12-8-16/h1-13,24-25H,(H,22,23). The molecular weight excluding hydrogens is 312 g/mol. The van der Waals surface area contributed by atoms with Gasteiger partial charge in [0.1, 0.15) is 17.3 Å². The van der Waals surface area contributed by atoms with E-state index in [2.05, 4.69) is 5.32 Å². The molecule has 0 aliphatic heterocycles. The molecule has 0 radical (unpaired) electrons. The molecule has 4 aromatic rings. The van der Waals surface area contributed by atoms with E-state index >= 15 is 0 Å². The number of benzene rings is 3. The van der Waals surface area contributed by atoms with Crippen LogP contribution in [0, 0.1) is 0 Å². The zero-order valence-electron chi connectivity index (χ0n) is 13.3. The molecule has 0 bridgehead atoms. The minimum atomic E-state index is 0.224. The van der Waals surface area contributed by atoms with Crippen LogP contribution in [0.5, 0.6) is 11.5 Å². The molecule has 0 atom stereocenters. The smallest absolute Gasteiger partial charge is 0.131 e. The van der Waals surface area contributed by atoms with E-state index in [1.165, 1.54) is 0 Å². The lowest BCUT2D eigenvalue weighted by Gasteiger charge is -2.12. The zero-order chi connectivity index (χ0) is 17.2. The number of anilines is 2. The fourth-order valence-corrected chi connectivity index (χ4v) is 2.79. The van der Waals surface area contributed by atoms with E-state index in [0.717, 1.165) is 27.7 Å². The van der Waals surface area contributed by atoms with E-state index < -0.39 is 0 Å². The highest BCUT2D eigenvalue weighted by Crippen LogP contribution is 2.31. The molecule has 25 heavy (non-hydrogen) atoms. The van der Waals surface area contributed by atoms with Gasteiger partial charge in [0.15, 0.2) is 0 Å². The van der Waals surface area contributed by atoms with Gasteiger partial charge in [-0.25, -0.2) is 4.98 Å². The summed E-state index contributed by atoms with van der Waals surface area (Å²) in [6.45, 7) is 0. The van der Waals surface area contributed by atoms with Gasteiger partial charge in [-0.1, -0.05) is 24.3 Å². The van der Waals surface area contributed by atoms with Gasteiger partial charge in [0.25, 0.3) is 0 Å². The van der Waals surface area contributed by atoms with Crippen molar-refractivity contribution in [2.24, 2.45) is 0 Å². The molecule has 0 unspecified atom stereocenters. The molecule has 4 rings (SSSR count). The van der Waals surface area contributed by atoms with Crippen molar-refractivity contribution in [3.05, 3.63) is 78.9 Å². The number of aromatic nitrogens is 1. The Bertz CT molecular complexity index is 1030. The third kappa shape index (κ3) is 3.10. The maximum atomic E-state index is 9.54. The Labute approximate surface area is 145 Å². The van der Waals surface area contributed by atoms with Crippen molar-refractivity contribution >= 4 is 22.3 Å². The maximum absolute atomic E-state index is 9.54. The fraction of sp³-hybridized carbons (Fsp3) is 0. The number of pyridine rings is 1. The number of phenolic OH excluding ortho intramolecular Hbond substituents is 2. The Kier molecular flexibility index (Phi) is 3.71. The molecule has 4 nitrogen and oxygen atoms in total. The summed E-state index contributed by atoms with van der Waals surface area (Å²) in [6.07, 6.45) is 0. The van der Waals surface area contributed by atoms with Crippen LogP contribution in [0.15, 0.2) is 78.9 Å². The van der Waals surface area contributed by atoms with Gasteiger partial charge in [0.05, 0.1) is 5.69 Å². The Hall–Kier alpha value is -3.53. The van der Waals surface area contributed by atoms with E-state index in [0.29, 0.717) is 5.82 Å². The molecule has 122 valence electrons. The predicted octanol–water partition coefficient (Wildman–Crippen LogP) is 5.06. The van der Waals surface area contributed by atoms with Crippen LogP contribution in [-0.2, 0) is 0 Å². The van der Waals surface area contributed by atoms with Crippen LogP contribution in [-0.4, -0.2) is 15.2 Å². The monoisotopic (exact) mass is 328 g/mol. The lowest BCUT2D eigenvalue weighted by atomic mass is 10.0. The van der Waals surface area contributed by atoms with Gasteiger partial charge in [-0.15, -0.1) is 0 Å². The molecule has 0 aliphatic carbocycles. The number of nitrogens with one attached hydrogen (secondary N) is 1. The summed E-state index contributed by atoms with van der Waals surface area (Å²) in [5.74, 6) is 1.17. The maximum Gasteiger partial charge on any atom is 0.131 e. The molecule has 0 spiro atoms. The second kappa shape index (κ2) is 6.17. The Balaban J connectivity index is 1.83. The van der Waals surface area contributed by atoms with Crippen LogP contribution >= 0.6 is 0 Å². The Morgan fingerprint density at radius 1 is 0.720 bits per heavy atom. The van der Waals surface area contributed by atoms with Crippen LogP contribution in [0.25, 0.3) is 22.0 Å². The predicted molar refractivity (Wildman–Crippen MR) is 100 cm³/mol. The highest BCUT2D eigenvalue weighted by atomic mass is 16.3. The quantitative estimate of drug-likeness (QED) is 0.460. The van der Waals surface area contributed by atoms with Gasteiger partial charge in [0, 0.05) is 16.6 Å². The molecule has 0 saturated heterocycles. The minimum absolute atomic E-state index is 0.224. The average Bonchev–Trinajstić information content (AvgIpc) is 2.64. The van der Waals surface area contributed by atoms with Crippen LogP contribution in [0.3, 0.4) is 0 Å². The number of fused-ring (bicyclic) bond motifs is 1. The Morgan fingerprint density at radius 2 is 1.36 bits per heavy atom. The van der Waals surface area contributed by atoms with Gasteiger partial charge in [-0.2, -0.15) is 0 Å². The Morgan fingerprint density at radius 3 is 2.08 bits per heavy atom.